The molecule has 1 atom stereocenters. The maximum atomic E-state index is 12.2. The van der Waals surface area contributed by atoms with Crippen molar-refractivity contribution in [3.63, 3.8) is 0 Å². The van der Waals surface area contributed by atoms with Gasteiger partial charge in [-0.05, 0) is 68.7 Å². The SMILES string of the molecule is CCC(C)Oc1cccc(C(=O)NNC(=O)COc2cc(C)cc(C)c2)c1. The predicted molar refractivity (Wildman–Crippen MR) is 104 cm³/mol. The number of hydrogen-bond acceptors (Lipinski definition) is 4. The molecule has 2 rings (SSSR count). The van der Waals surface area contributed by atoms with Crippen LogP contribution in [0, 0.1) is 13.8 Å². The molecular formula is C21H26N2O4. The van der Waals surface area contributed by atoms with E-state index in [4.69, 9.17) is 9.47 Å². The van der Waals surface area contributed by atoms with Gasteiger partial charge in [-0.15, -0.1) is 0 Å². The van der Waals surface area contributed by atoms with Crippen molar-refractivity contribution in [2.24, 2.45) is 0 Å². The number of rotatable bonds is 7. The van der Waals surface area contributed by atoms with E-state index in [2.05, 4.69) is 10.9 Å². The van der Waals surface area contributed by atoms with Crippen LogP contribution >= 0.6 is 0 Å². The Bertz CT molecular complexity index is 784. The van der Waals surface area contributed by atoms with E-state index in [-0.39, 0.29) is 12.7 Å². The summed E-state index contributed by atoms with van der Waals surface area (Å²) in [4.78, 5) is 24.1. The van der Waals surface area contributed by atoms with Gasteiger partial charge in [0.2, 0.25) is 0 Å². The van der Waals surface area contributed by atoms with E-state index in [1.165, 1.54) is 0 Å². The van der Waals surface area contributed by atoms with Crippen LogP contribution in [0.2, 0.25) is 0 Å². The lowest BCUT2D eigenvalue weighted by atomic mass is 10.1. The number of carbonyl (C=O) groups is 2. The van der Waals surface area contributed by atoms with Crippen LogP contribution in [0.4, 0.5) is 0 Å². The molecule has 0 spiro atoms. The van der Waals surface area contributed by atoms with E-state index >= 15 is 0 Å². The van der Waals surface area contributed by atoms with Gasteiger partial charge in [0, 0.05) is 5.56 Å². The Hall–Kier alpha value is -3.02. The number of benzene rings is 2. The van der Waals surface area contributed by atoms with Crippen LogP contribution in [0.3, 0.4) is 0 Å². The molecule has 0 fully saturated rings. The number of aryl methyl sites for hydroxylation is 2. The Kier molecular flexibility index (Phi) is 7.23. The van der Waals surface area contributed by atoms with Crippen molar-refractivity contribution in [3.05, 3.63) is 59.2 Å². The van der Waals surface area contributed by atoms with E-state index in [0.717, 1.165) is 17.5 Å². The van der Waals surface area contributed by atoms with E-state index in [0.29, 0.717) is 17.1 Å². The van der Waals surface area contributed by atoms with Gasteiger partial charge in [0.15, 0.2) is 6.61 Å². The Balaban J connectivity index is 1.84. The molecule has 1 unspecified atom stereocenters. The lowest BCUT2D eigenvalue weighted by Crippen LogP contribution is -2.43. The summed E-state index contributed by atoms with van der Waals surface area (Å²) in [5.74, 6) is 0.351. The Morgan fingerprint density at radius 3 is 2.37 bits per heavy atom. The fourth-order valence-corrected chi connectivity index (χ4v) is 2.43. The van der Waals surface area contributed by atoms with Crippen LogP contribution in [0.1, 0.15) is 41.8 Å². The van der Waals surface area contributed by atoms with Crippen molar-refractivity contribution in [1.82, 2.24) is 10.9 Å². The van der Waals surface area contributed by atoms with Crippen LogP contribution in [0.5, 0.6) is 11.5 Å². The average molecular weight is 370 g/mol. The molecule has 0 radical (unpaired) electrons. The second kappa shape index (κ2) is 9.62. The number of hydrazine groups is 1. The highest BCUT2D eigenvalue weighted by Crippen LogP contribution is 2.16. The van der Waals surface area contributed by atoms with Crippen LogP contribution in [0.25, 0.3) is 0 Å². The standard InChI is InChI=1S/C21H26N2O4/c1-5-16(4)27-18-8-6-7-17(12-18)21(25)23-22-20(24)13-26-19-10-14(2)9-15(3)11-19/h6-12,16H,5,13H2,1-4H3,(H,22,24)(H,23,25). The third-order valence-electron chi connectivity index (χ3n) is 3.89. The van der Waals surface area contributed by atoms with E-state index in [9.17, 15) is 9.59 Å². The molecule has 144 valence electrons. The molecule has 0 aliphatic carbocycles. The van der Waals surface area contributed by atoms with Crippen LogP contribution in [-0.2, 0) is 4.79 Å². The first-order valence-electron chi connectivity index (χ1n) is 8.94. The largest absolute Gasteiger partial charge is 0.491 e. The van der Waals surface area contributed by atoms with Gasteiger partial charge in [0.05, 0.1) is 6.10 Å². The Labute approximate surface area is 159 Å². The molecule has 0 saturated heterocycles. The van der Waals surface area contributed by atoms with E-state index in [1.807, 2.05) is 45.9 Å². The normalized spacial score (nSPS) is 11.4. The molecular weight excluding hydrogens is 344 g/mol. The van der Waals surface area contributed by atoms with Gasteiger partial charge >= 0.3 is 0 Å². The molecule has 6 nitrogen and oxygen atoms in total. The van der Waals surface area contributed by atoms with Gasteiger partial charge in [-0.25, -0.2) is 0 Å². The molecule has 0 bridgehead atoms. The molecule has 0 saturated carbocycles. The van der Waals surface area contributed by atoms with Gasteiger partial charge in [-0.3, -0.25) is 20.4 Å². The summed E-state index contributed by atoms with van der Waals surface area (Å²) in [6, 6.07) is 12.5. The molecule has 0 heterocycles. The fourth-order valence-electron chi connectivity index (χ4n) is 2.43. The monoisotopic (exact) mass is 370 g/mol. The highest BCUT2D eigenvalue weighted by atomic mass is 16.5. The van der Waals surface area contributed by atoms with Crippen molar-refractivity contribution in [2.45, 2.75) is 40.2 Å². The summed E-state index contributed by atoms with van der Waals surface area (Å²) in [5.41, 5.74) is 7.23. The highest BCUT2D eigenvalue weighted by molar-refractivity contribution is 5.95. The second-order valence-corrected chi connectivity index (χ2v) is 6.48. The second-order valence-electron chi connectivity index (χ2n) is 6.48. The van der Waals surface area contributed by atoms with Crippen molar-refractivity contribution in [3.8, 4) is 11.5 Å². The van der Waals surface area contributed by atoms with E-state index < -0.39 is 11.8 Å². The zero-order valence-electron chi connectivity index (χ0n) is 16.2. The molecule has 27 heavy (non-hydrogen) atoms. The zero-order chi connectivity index (χ0) is 19.8. The lowest BCUT2D eigenvalue weighted by molar-refractivity contribution is -0.123. The smallest absolute Gasteiger partial charge is 0.276 e. The summed E-state index contributed by atoms with van der Waals surface area (Å²) in [7, 11) is 0. The lowest BCUT2D eigenvalue weighted by Gasteiger charge is -2.13. The molecule has 0 aliphatic heterocycles. The van der Waals surface area contributed by atoms with Gasteiger partial charge in [0.1, 0.15) is 11.5 Å². The number of ether oxygens (including phenoxy) is 2. The number of hydrogen-bond donors (Lipinski definition) is 2. The third-order valence-corrected chi connectivity index (χ3v) is 3.89. The minimum absolute atomic E-state index is 0.0606. The summed E-state index contributed by atoms with van der Waals surface area (Å²) in [5, 5.41) is 0. The number of nitrogens with one attached hydrogen (secondary N) is 2. The van der Waals surface area contributed by atoms with Crippen molar-refractivity contribution < 1.29 is 19.1 Å². The first kappa shape index (κ1) is 20.3. The summed E-state index contributed by atoms with van der Waals surface area (Å²) in [6.45, 7) is 7.71. The maximum absolute atomic E-state index is 12.2. The first-order valence-corrected chi connectivity index (χ1v) is 8.94. The molecule has 2 aromatic rings. The van der Waals surface area contributed by atoms with Crippen molar-refractivity contribution in [1.29, 1.82) is 0 Å². The van der Waals surface area contributed by atoms with Gasteiger partial charge in [-0.2, -0.15) is 0 Å². The quantitative estimate of drug-likeness (QED) is 0.733. The number of amides is 2. The number of carbonyl (C=O) groups excluding carboxylic acids is 2. The van der Waals surface area contributed by atoms with Crippen molar-refractivity contribution >= 4 is 11.8 Å². The Morgan fingerprint density at radius 1 is 1.00 bits per heavy atom. The van der Waals surface area contributed by atoms with Gasteiger partial charge in [0.25, 0.3) is 11.8 Å². The highest BCUT2D eigenvalue weighted by Gasteiger charge is 2.10. The Morgan fingerprint density at radius 2 is 1.70 bits per heavy atom. The minimum Gasteiger partial charge on any atom is -0.491 e. The molecule has 2 amide bonds. The third kappa shape index (κ3) is 6.66. The van der Waals surface area contributed by atoms with Crippen molar-refractivity contribution in [2.75, 3.05) is 6.61 Å². The topological polar surface area (TPSA) is 76.7 Å². The molecule has 2 aromatic carbocycles. The van der Waals surface area contributed by atoms with Crippen LogP contribution in [0.15, 0.2) is 42.5 Å². The molecule has 0 aliphatic rings. The van der Waals surface area contributed by atoms with Gasteiger partial charge in [-0.1, -0.05) is 19.1 Å². The minimum atomic E-state index is -0.450. The molecule has 0 aromatic heterocycles. The average Bonchev–Trinajstić information content (AvgIpc) is 2.63. The zero-order valence-corrected chi connectivity index (χ0v) is 16.2. The first-order chi connectivity index (χ1) is 12.9. The summed E-state index contributed by atoms with van der Waals surface area (Å²) in [6.07, 6.45) is 0.929. The van der Waals surface area contributed by atoms with E-state index in [1.54, 1.807) is 24.3 Å². The van der Waals surface area contributed by atoms with Gasteiger partial charge < -0.3 is 9.47 Å². The molecule has 2 N–H and O–H groups in total. The predicted octanol–water partition coefficient (Wildman–Crippen LogP) is 3.32. The summed E-state index contributed by atoms with van der Waals surface area (Å²) < 4.78 is 11.2. The molecule has 6 heteroatoms. The maximum Gasteiger partial charge on any atom is 0.276 e. The van der Waals surface area contributed by atoms with Crippen LogP contribution < -0.4 is 20.3 Å². The summed E-state index contributed by atoms with van der Waals surface area (Å²) >= 11 is 0. The fraction of sp³-hybridized carbons (Fsp3) is 0.333. The van der Waals surface area contributed by atoms with Crippen LogP contribution in [-0.4, -0.2) is 24.5 Å².